The van der Waals surface area contributed by atoms with E-state index < -0.39 is 0 Å². The molecule has 16 heterocycles. The quantitative estimate of drug-likeness (QED) is 0.115. The normalized spacial score (nSPS) is 10.2. The molecule has 0 aromatic carbocycles. The second-order valence-corrected chi connectivity index (χ2v) is 33.8. The molecule has 0 saturated carbocycles. The van der Waals surface area contributed by atoms with Gasteiger partial charge in [-0.25, -0.2) is 19.9 Å². The first-order chi connectivity index (χ1) is 51.8. The van der Waals surface area contributed by atoms with E-state index in [-0.39, 0.29) is 49.4 Å². The molecule has 28 heteroatoms. The third-order valence-electron chi connectivity index (χ3n) is 13.5. The Bertz CT molecular complexity index is 4530. The Morgan fingerprint density at radius 1 is 0.185 bits per heavy atom. The molecule has 108 heavy (non-hydrogen) atoms. The number of hydrogen-bond acceptors (Lipinski definition) is 18. The molecular weight excluding hydrogens is 2530 g/mol. The van der Waals surface area contributed by atoms with Gasteiger partial charge < -0.3 is 12.3 Å². The zero-order valence-corrected chi connectivity index (χ0v) is 72.7. The number of nitrogens with zero attached hydrogens (tertiary/aromatic N) is 16. The van der Waals surface area contributed by atoms with Gasteiger partial charge in [-0.3, -0.25) is 39.9 Å². The van der Waals surface area contributed by atoms with Crippen molar-refractivity contribution in [3.8, 4) is 91.1 Å². The summed E-state index contributed by atoms with van der Waals surface area (Å²) < 4.78 is 9.68. The van der Waals surface area contributed by atoms with Crippen molar-refractivity contribution < 1.29 is 116 Å². The molecular formula is C80H58Cl4N18Pt6+8. The van der Waals surface area contributed by atoms with Gasteiger partial charge in [-0.1, -0.05) is 94.9 Å². The van der Waals surface area contributed by atoms with Crippen LogP contribution in [0.2, 0.25) is 20.1 Å². The second-order valence-electron chi connectivity index (χ2n) is 21.0. The molecule has 0 aliphatic heterocycles. The summed E-state index contributed by atoms with van der Waals surface area (Å²) in [7, 11) is 0. The molecule has 0 spiro atoms. The Morgan fingerprint density at radius 2 is 0.343 bits per heavy atom. The van der Waals surface area contributed by atoms with Crippen LogP contribution in [-0.2, 0) is 116 Å². The Morgan fingerprint density at radius 3 is 0.472 bits per heavy atom. The first-order valence-corrected chi connectivity index (χ1v) is 41.9. The predicted octanol–water partition coefficient (Wildman–Crippen LogP) is 13.5. The Kier molecular flexibility index (Phi) is 34.3. The van der Waals surface area contributed by atoms with Crippen LogP contribution in [0.25, 0.3) is 91.1 Å². The third-order valence-corrected chi connectivity index (χ3v) is 22.0. The van der Waals surface area contributed by atoms with Crippen LogP contribution >= 0.6 is 46.4 Å². The Hall–Kier alpha value is -8.39. The summed E-state index contributed by atoms with van der Waals surface area (Å²) in [6.07, 6.45) is 21.3. The van der Waals surface area contributed by atoms with Crippen LogP contribution < -0.4 is 44.4 Å². The van der Waals surface area contributed by atoms with E-state index in [0.717, 1.165) is 91.1 Å². The molecule has 0 fully saturated rings. The van der Waals surface area contributed by atoms with Crippen molar-refractivity contribution in [2.24, 2.45) is 0 Å². The summed E-state index contributed by atoms with van der Waals surface area (Å²) in [5.74, 6) is 0. The van der Waals surface area contributed by atoms with Crippen LogP contribution in [0.15, 0.2) is 317 Å². The summed E-state index contributed by atoms with van der Waals surface area (Å²) in [6.45, 7) is 0. The zero-order valence-electron chi connectivity index (χ0n) is 56.0. The number of rotatable bonds is 12. The van der Waals surface area contributed by atoms with Gasteiger partial charge in [-0.15, -0.1) is 0 Å². The molecule has 0 atom stereocenters. The molecule has 0 saturated heterocycles. The van der Waals surface area contributed by atoms with Crippen molar-refractivity contribution >= 4 is 78.6 Å². The minimum atomic E-state index is -0.246. The molecule has 16 aromatic heterocycles. The van der Waals surface area contributed by atoms with E-state index in [1.807, 2.05) is 195 Å². The summed E-state index contributed by atoms with van der Waals surface area (Å²) in [6, 6.07) is 76.6. The third kappa shape index (κ3) is 27.0. The van der Waals surface area contributed by atoms with Gasteiger partial charge in [0.1, 0.15) is 0 Å². The summed E-state index contributed by atoms with van der Waals surface area (Å²) in [4.78, 5) is 70.0. The van der Waals surface area contributed by atoms with Gasteiger partial charge in [-0.05, 0) is 146 Å². The molecule has 0 unspecified atom stereocenters. The fourth-order valence-electron chi connectivity index (χ4n) is 8.91. The van der Waals surface area contributed by atoms with Gasteiger partial charge in [0.05, 0.1) is 91.1 Å². The maximum atomic E-state index is 6.15. The van der Waals surface area contributed by atoms with Crippen molar-refractivity contribution in [3.05, 3.63) is 337 Å². The van der Waals surface area contributed by atoms with Crippen molar-refractivity contribution in [2.75, 3.05) is 0 Å². The van der Waals surface area contributed by atoms with Crippen LogP contribution in [0.4, 0.5) is 0 Å². The van der Waals surface area contributed by atoms with Crippen molar-refractivity contribution in [3.63, 3.8) is 0 Å². The first-order valence-electron chi connectivity index (χ1n) is 31.3. The monoisotopic (exact) mass is 2580 g/mol. The van der Waals surface area contributed by atoms with Gasteiger partial charge in [0.2, 0.25) is 0 Å². The maximum absolute atomic E-state index is 6.15. The van der Waals surface area contributed by atoms with E-state index in [0.29, 0.717) is 20.1 Å². The van der Waals surface area contributed by atoms with Gasteiger partial charge in [0.25, 0.3) is 0 Å². The molecule has 16 rings (SSSR count). The summed E-state index contributed by atoms with van der Waals surface area (Å²) in [5, 5.41) is 2.49. The average Bonchev–Trinajstić information content (AvgIpc) is 0.840. The fourth-order valence-corrected chi connectivity index (χ4v) is 18.7. The molecule has 0 aliphatic rings. The SMILES string of the molecule is Clc1cc(-c2ccccn2)nc(-c2ccccn2)c1.Clc1cc(-c2ccccn2)nc(-c2ccccn2)c1.Clc1cc(-c2ccccn2)nc(-c2ccccn2)c1.Clc1cc(-c2ccccn2)nc(-c2ccccn2)c1.N.N.[Pt+2][c]1ccn[c]([Pt][c]2c[c]([Pt+2])ccn2)c1.[Pt+2][c]1ccn[c]([Pt][c]2c[c]([Pt+2])ccn2)c1. The molecule has 0 bridgehead atoms. The Balaban J connectivity index is 0.000000149. The molecule has 0 radical (unpaired) electrons. The van der Waals surface area contributed by atoms with Gasteiger partial charge in [-0.2, -0.15) is 0 Å². The van der Waals surface area contributed by atoms with Crippen molar-refractivity contribution in [1.29, 1.82) is 0 Å². The van der Waals surface area contributed by atoms with Crippen LogP contribution in [0.3, 0.4) is 0 Å². The van der Waals surface area contributed by atoms with Gasteiger partial charge >= 0.3 is 242 Å². The van der Waals surface area contributed by atoms with Crippen molar-refractivity contribution in [1.82, 2.24) is 92.0 Å². The van der Waals surface area contributed by atoms with Gasteiger partial charge in [0, 0.05) is 69.7 Å². The molecule has 18 nitrogen and oxygen atoms in total. The van der Waals surface area contributed by atoms with E-state index in [9.17, 15) is 0 Å². The van der Waals surface area contributed by atoms with Crippen LogP contribution in [0.1, 0.15) is 0 Å². The number of hydrogen-bond donors (Lipinski definition) is 2. The summed E-state index contributed by atoms with van der Waals surface area (Å²) in [5.41, 5.74) is 12.3. The number of pyridine rings is 16. The van der Waals surface area contributed by atoms with Crippen LogP contribution in [0.5, 0.6) is 0 Å². The van der Waals surface area contributed by atoms with E-state index in [1.54, 1.807) is 98.1 Å². The first kappa shape index (κ1) is 83.6. The zero-order chi connectivity index (χ0) is 73.7. The molecule has 16 aromatic rings. The average molecular weight is 2580 g/mol. The van der Waals surface area contributed by atoms with E-state index in [2.05, 4.69) is 183 Å². The van der Waals surface area contributed by atoms with E-state index in [4.69, 9.17) is 46.4 Å². The van der Waals surface area contributed by atoms with E-state index in [1.165, 1.54) is 32.1 Å². The predicted molar refractivity (Wildman–Crippen MR) is 407 cm³/mol. The molecule has 0 amide bonds. The minimum absolute atomic E-state index is 0. The van der Waals surface area contributed by atoms with Crippen molar-refractivity contribution in [2.45, 2.75) is 0 Å². The molecule has 6 N–H and O–H groups in total. The van der Waals surface area contributed by atoms with Crippen LogP contribution in [0, 0.1) is 0 Å². The summed E-state index contributed by atoms with van der Waals surface area (Å²) >= 11 is 33.3. The second kappa shape index (κ2) is 44.3. The van der Waals surface area contributed by atoms with Gasteiger partial charge in [0.15, 0.2) is 0 Å². The van der Waals surface area contributed by atoms with E-state index >= 15 is 0 Å². The number of aromatic nitrogens is 16. The number of halogens is 4. The molecule has 0 aliphatic carbocycles. The Labute approximate surface area is 707 Å². The fraction of sp³-hybridized carbons (Fsp3) is 0. The molecule has 548 valence electrons. The van der Waals surface area contributed by atoms with Crippen LogP contribution in [-0.4, -0.2) is 79.7 Å². The topological polar surface area (TPSA) is 276 Å². The standard InChI is InChI=1S/4C15H10ClN3.4C5H3N.2H3N.6Pt/c4*16-11-9-14(12-5-1-3-7-17-12)19-15(10-11)13-6-2-4-8-18-13;4*1-2-4-6-5-3-1;;;;;;;;/h4*1-10H;4*2-4H;2*1H3;;;;;;/q;;;;;;;;;;;;4*+2.